The standard InChI is InChI=1S/C9H16N2O2S/c1-7(14)13-5-4-11-6-9(2,3)10-8(11)12/h4-6H2,1-3H3,(H,10,12). The van der Waals surface area contributed by atoms with Crippen molar-refractivity contribution in [2.75, 3.05) is 19.7 Å². The minimum absolute atomic E-state index is 0.0272. The number of hydrogen-bond donors (Lipinski definition) is 1. The first-order valence-electron chi connectivity index (χ1n) is 4.61. The molecule has 1 rings (SSSR count). The number of nitrogens with zero attached hydrogens (tertiary/aromatic N) is 1. The first kappa shape index (κ1) is 11.2. The highest BCUT2D eigenvalue weighted by molar-refractivity contribution is 7.80. The van der Waals surface area contributed by atoms with Gasteiger partial charge in [-0.1, -0.05) is 0 Å². The van der Waals surface area contributed by atoms with Gasteiger partial charge in [-0.05, 0) is 26.1 Å². The Bertz CT molecular complexity index is 253. The van der Waals surface area contributed by atoms with Crippen LogP contribution in [0.4, 0.5) is 4.79 Å². The molecule has 1 aliphatic rings. The van der Waals surface area contributed by atoms with E-state index in [0.29, 0.717) is 24.7 Å². The minimum Gasteiger partial charge on any atom is -0.486 e. The number of amides is 2. The molecule has 1 fully saturated rings. The average molecular weight is 216 g/mol. The second-order valence-electron chi connectivity index (χ2n) is 4.08. The second kappa shape index (κ2) is 4.13. The molecule has 0 saturated carbocycles. The Morgan fingerprint density at radius 1 is 1.71 bits per heavy atom. The Morgan fingerprint density at radius 2 is 2.36 bits per heavy atom. The summed E-state index contributed by atoms with van der Waals surface area (Å²) in [5.41, 5.74) is -0.135. The Balaban J connectivity index is 2.32. The van der Waals surface area contributed by atoms with Crippen molar-refractivity contribution in [1.29, 1.82) is 0 Å². The molecule has 0 atom stereocenters. The van der Waals surface area contributed by atoms with Crippen LogP contribution in [0.15, 0.2) is 0 Å². The first-order chi connectivity index (χ1) is 6.41. The van der Waals surface area contributed by atoms with E-state index in [4.69, 9.17) is 17.0 Å². The maximum absolute atomic E-state index is 11.4. The summed E-state index contributed by atoms with van der Waals surface area (Å²) in [4.78, 5) is 13.1. The minimum atomic E-state index is -0.135. The Labute approximate surface area is 89.6 Å². The van der Waals surface area contributed by atoms with Crippen molar-refractivity contribution in [1.82, 2.24) is 10.2 Å². The van der Waals surface area contributed by atoms with Crippen molar-refractivity contribution in [2.24, 2.45) is 0 Å². The second-order valence-corrected chi connectivity index (χ2v) is 4.65. The Hall–Kier alpha value is -0.840. The number of hydrogen-bond acceptors (Lipinski definition) is 3. The molecule has 1 heterocycles. The van der Waals surface area contributed by atoms with Crippen molar-refractivity contribution < 1.29 is 9.53 Å². The fraction of sp³-hybridized carbons (Fsp3) is 0.778. The third kappa shape index (κ3) is 3.14. The molecule has 1 aliphatic heterocycles. The molecule has 0 aromatic rings. The van der Waals surface area contributed by atoms with Gasteiger partial charge in [-0.3, -0.25) is 0 Å². The summed E-state index contributed by atoms with van der Waals surface area (Å²) < 4.78 is 5.13. The summed E-state index contributed by atoms with van der Waals surface area (Å²) in [6.07, 6.45) is 0. The molecule has 0 aliphatic carbocycles. The normalized spacial score (nSPS) is 19.4. The topological polar surface area (TPSA) is 41.6 Å². The van der Waals surface area contributed by atoms with Gasteiger partial charge >= 0.3 is 6.03 Å². The van der Waals surface area contributed by atoms with Gasteiger partial charge in [0.1, 0.15) is 6.61 Å². The van der Waals surface area contributed by atoms with E-state index in [1.807, 2.05) is 13.8 Å². The Kier molecular flexibility index (Phi) is 3.31. The van der Waals surface area contributed by atoms with Gasteiger partial charge in [0.05, 0.1) is 12.1 Å². The molecule has 1 N–H and O–H groups in total. The SMILES string of the molecule is CC(=S)OCCN1CC(C)(C)NC1=O. The zero-order valence-electron chi connectivity index (χ0n) is 8.79. The number of urea groups is 1. The summed E-state index contributed by atoms with van der Waals surface area (Å²) in [6.45, 7) is 7.49. The van der Waals surface area contributed by atoms with E-state index in [9.17, 15) is 4.79 Å². The number of carbonyl (C=O) groups is 1. The average Bonchev–Trinajstić information content (AvgIpc) is 2.24. The largest absolute Gasteiger partial charge is 0.486 e. The van der Waals surface area contributed by atoms with Crippen LogP contribution in [-0.2, 0) is 4.74 Å². The van der Waals surface area contributed by atoms with Crippen molar-refractivity contribution in [3.05, 3.63) is 0 Å². The van der Waals surface area contributed by atoms with E-state index in [1.165, 1.54) is 0 Å². The van der Waals surface area contributed by atoms with Crippen LogP contribution in [0.3, 0.4) is 0 Å². The number of nitrogens with one attached hydrogen (secondary N) is 1. The molecule has 14 heavy (non-hydrogen) atoms. The van der Waals surface area contributed by atoms with Crippen molar-refractivity contribution in [2.45, 2.75) is 26.3 Å². The van der Waals surface area contributed by atoms with Gasteiger partial charge in [0.25, 0.3) is 0 Å². The number of carbonyl (C=O) groups excluding carboxylic acids is 1. The van der Waals surface area contributed by atoms with Crippen LogP contribution >= 0.6 is 12.2 Å². The molecule has 80 valence electrons. The lowest BCUT2D eigenvalue weighted by Crippen LogP contribution is -2.36. The summed E-state index contributed by atoms with van der Waals surface area (Å²) in [5.74, 6) is 0. The van der Waals surface area contributed by atoms with Crippen molar-refractivity contribution in [3.63, 3.8) is 0 Å². The van der Waals surface area contributed by atoms with Crippen molar-refractivity contribution in [3.8, 4) is 0 Å². The zero-order valence-corrected chi connectivity index (χ0v) is 9.61. The van der Waals surface area contributed by atoms with Gasteiger partial charge in [-0.25, -0.2) is 4.79 Å². The summed E-state index contributed by atoms with van der Waals surface area (Å²) >= 11 is 4.77. The molecule has 0 aromatic heterocycles. The third-order valence-electron chi connectivity index (χ3n) is 1.99. The number of thiocarbonyl (C=S) groups is 1. The maximum atomic E-state index is 11.4. The highest BCUT2D eigenvalue weighted by Gasteiger charge is 2.34. The molecule has 2 amide bonds. The molecule has 4 nitrogen and oxygen atoms in total. The number of ether oxygens (including phenoxy) is 1. The molecule has 5 heteroatoms. The van der Waals surface area contributed by atoms with Gasteiger partial charge in [-0.15, -0.1) is 0 Å². The lowest BCUT2D eigenvalue weighted by molar-refractivity contribution is 0.200. The van der Waals surface area contributed by atoms with Gasteiger partial charge in [0.15, 0.2) is 5.05 Å². The van der Waals surface area contributed by atoms with E-state index in [2.05, 4.69) is 5.32 Å². The lowest BCUT2D eigenvalue weighted by Gasteiger charge is -2.17. The van der Waals surface area contributed by atoms with Crippen LogP contribution in [0.2, 0.25) is 0 Å². The van der Waals surface area contributed by atoms with E-state index < -0.39 is 0 Å². The predicted molar refractivity (Wildman–Crippen MR) is 58.4 cm³/mol. The third-order valence-corrected chi connectivity index (χ3v) is 2.10. The first-order valence-corrected chi connectivity index (χ1v) is 5.02. The summed E-state index contributed by atoms with van der Waals surface area (Å²) in [6, 6.07) is -0.0272. The van der Waals surface area contributed by atoms with E-state index in [-0.39, 0.29) is 11.6 Å². The molecule has 0 aromatic carbocycles. The van der Waals surface area contributed by atoms with Crippen LogP contribution in [0.5, 0.6) is 0 Å². The fourth-order valence-electron chi connectivity index (χ4n) is 1.44. The predicted octanol–water partition coefficient (Wildman–Crippen LogP) is 1.15. The van der Waals surface area contributed by atoms with Crippen LogP contribution in [0.25, 0.3) is 0 Å². The lowest BCUT2D eigenvalue weighted by atomic mass is 10.1. The molecule has 1 saturated heterocycles. The van der Waals surface area contributed by atoms with Gasteiger partial charge in [-0.2, -0.15) is 0 Å². The van der Waals surface area contributed by atoms with E-state index in [0.717, 1.165) is 0 Å². The van der Waals surface area contributed by atoms with Crippen LogP contribution < -0.4 is 5.32 Å². The van der Waals surface area contributed by atoms with E-state index in [1.54, 1.807) is 11.8 Å². The molecule has 0 spiro atoms. The van der Waals surface area contributed by atoms with E-state index >= 15 is 0 Å². The highest BCUT2D eigenvalue weighted by Crippen LogP contribution is 2.13. The molecule has 0 bridgehead atoms. The smallest absolute Gasteiger partial charge is 0.318 e. The molecule has 0 unspecified atom stereocenters. The molecule has 0 radical (unpaired) electrons. The van der Waals surface area contributed by atoms with Crippen LogP contribution in [0, 0.1) is 0 Å². The summed E-state index contributed by atoms with van der Waals surface area (Å²) in [5, 5.41) is 3.40. The van der Waals surface area contributed by atoms with Gasteiger partial charge < -0.3 is 15.0 Å². The van der Waals surface area contributed by atoms with Crippen LogP contribution in [0.1, 0.15) is 20.8 Å². The quantitative estimate of drug-likeness (QED) is 0.720. The number of rotatable bonds is 3. The fourth-order valence-corrected chi connectivity index (χ4v) is 1.52. The zero-order chi connectivity index (χ0) is 10.8. The monoisotopic (exact) mass is 216 g/mol. The Morgan fingerprint density at radius 3 is 2.79 bits per heavy atom. The highest BCUT2D eigenvalue weighted by atomic mass is 32.1. The molecular formula is C9H16N2O2S. The summed E-state index contributed by atoms with van der Waals surface area (Å²) in [7, 11) is 0. The maximum Gasteiger partial charge on any atom is 0.318 e. The van der Waals surface area contributed by atoms with Gasteiger partial charge in [0, 0.05) is 13.5 Å². The van der Waals surface area contributed by atoms with Gasteiger partial charge in [0.2, 0.25) is 0 Å². The van der Waals surface area contributed by atoms with Crippen LogP contribution in [-0.4, -0.2) is 41.2 Å². The van der Waals surface area contributed by atoms with Crippen molar-refractivity contribution >= 4 is 23.3 Å². The molecular weight excluding hydrogens is 200 g/mol.